The Kier molecular flexibility index (Phi) is 4.15. The lowest BCUT2D eigenvalue weighted by molar-refractivity contribution is -0.128. The molecule has 0 spiro atoms. The van der Waals surface area contributed by atoms with E-state index in [0.717, 1.165) is 0 Å². The predicted octanol–water partition coefficient (Wildman–Crippen LogP) is 1.47. The summed E-state index contributed by atoms with van der Waals surface area (Å²) in [5.41, 5.74) is 2.14. The molecule has 2 N–H and O–H groups in total. The van der Waals surface area contributed by atoms with Crippen LogP contribution in [-0.2, 0) is 29.8 Å². The molecule has 2 aromatic rings. The number of benzene rings is 2. The maximum atomic E-state index is 11.4. The van der Waals surface area contributed by atoms with Crippen molar-refractivity contribution in [3.63, 3.8) is 0 Å². The molecule has 0 radical (unpaired) electrons. The Bertz CT molecular complexity index is 989. The molecule has 0 fully saturated rings. The molecule has 1 aliphatic rings. The molecule has 0 aliphatic heterocycles. The van der Waals surface area contributed by atoms with E-state index < -0.39 is 26.2 Å². The molecular formula is C15H12O8S2. The topological polar surface area (TPSA) is 135 Å². The normalized spacial score (nSPS) is 14.0. The van der Waals surface area contributed by atoms with Crippen LogP contribution in [0.4, 0.5) is 0 Å². The van der Waals surface area contributed by atoms with E-state index in [9.17, 15) is 30.7 Å². The number of carbonyl (C=O) groups is 1. The Balaban J connectivity index is 2.22. The fourth-order valence-corrected chi connectivity index (χ4v) is 3.98. The first-order valence-corrected chi connectivity index (χ1v) is 9.79. The smallest absolute Gasteiger partial charge is 0.294 e. The fourth-order valence-electron chi connectivity index (χ4n) is 2.95. The Morgan fingerprint density at radius 2 is 1.32 bits per heavy atom. The van der Waals surface area contributed by atoms with E-state index in [2.05, 4.69) is 0 Å². The summed E-state index contributed by atoms with van der Waals surface area (Å²) >= 11 is 0. The van der Waals surface area contributed by atoms with Crippen molar-refractivity contribution in [2.75, 3.05) is 6.61 Å². The van der Waals surface area contributed by atoms with Gasteiger partial charge in [0.25, 0.3) is 26.7 Å². The SMILES string of the molecule is O=COCC1c2cc(S(=O)(=O)O)ccc2-c2ccc(S(=O)(=O)O)cc21. The van der Waals surface area contributed by atoms with Gasteiger partial charge >= 0.3 is 0 Å². The third kappa shape index (κ3) is 3.16. The van der Waals surface area contributed by atoms with Crippen molar-refractivity contribution in [1.82, 2.24) is 0 Å². The van der Waals surface area contributed by atoms with Gasteiger partial charge < -0.3 is 4.74 Å². The zero-order valence-corrected chi connectivity index (χ0v) is 14.1. The first-order valence-electron chi connectivity index (χ1n) is 6.91. The van der Waals surface area contributed by atoms with Gasteiger partial charge in [-0.2, -0.15) is 16.8 Å². The maximum Gasteiger partial charge on any atom is 0.294 e. The zero-order chi connectivity index (χ0) is 18.4. The molecule has 0 saturated carbocycles. The highest BCUT2D eigenvalue weighted by atomic mass is 32.2. The summed E-state index contributed by atoms with van der Waals surface area (Å²) in [6.45, 7) is 0.0598. The predicted molar refractivity (Wildman–Crippen MR) is 85.4 cm³/mol. The molecule has 1 aliphatic carbocycles. The Labute approximate surface area is 143 Å². The second-order valence-corrected chi connectivity index (χ2v) is 8.27. The minimum absolute atomic E-state index is 0.159. The summed E-state index contributed by atoms with van der Waals surface area (Å²) < 4.78 is 68.7. The van der Waals surface area contributed by atoms with Gasteiger partial charge in [0.2, 0.25) is 0 Å². The molecule has 25 heavy (non-hydrogen) atoms. The van der Waals surface area contributed by atoms with E-state index in [1.807, 2.05) is 0 Å². The molecule has 10 heteroatoms. The Morgan fingerprint density at radius 3 is 1.68 bits per heavy atom. The van der Waals surface area contributed by atoms with E-state index >= 15 is 0 Å². The highest BCUT2D eigenvalue weighted by Gasteiger charge is 2.31. The molecule has 0 heterocycles. The quantitative estimate of drug-likeness (QED) is 0.584. The molecule has 0 saturated heterocycles. The van der Waals surface area contributed by atoms with Crippen molar-refractivity contribution in [3.8, 4) is 11.1 Å². The van der Waals surface area contributed by atoms with Gasteiger partial charge in [0.05, 0.1) is 9.79 Å². The number of rotatable bonds is 5. The van der Waals surface area contributed by atoms with Crippen LogP contribution >= 0.6 is 0 Å². The van der Waals surface area contributed by atoms with Crippen LogP contribution in [0.3, 0.4) is 0 Å². The summed E-state index contributed by atoms with van der Waals surface area (Å²) in [6, 6.07) is 7.89. The third-order valence-electron chi connectivity index (χ3n) is 4.01. The van der Waals surface area contributed by atoms with Crippen LogP contribution in [0.15, 0.2) is 46.2 Å². The van der Waals surface area contributed by atoms with Crippen LogP contribution in [0.2, 0.25) is 0 Å². The van der Waals surface area contributed by atoms with Crippen LogP contribution in [0.1, 0.15) is 17.0 Å². The van der Waals surface area contributed by atoms with Gasteiger partial charge in [0, 0.05) is 5.92 Å². The van der Waals surface area contributed by atoms with Gasteiger partial charge in [-0.3, -0.25) is 13.9 Å². The standard InChI is InChI=1S/C15H12O8S2/c16-8-23-7-15-13-5-9(24(17,18)19)1-3-11(13)12-4-2-10(6-14(12)15)25(20,21)22/h1-6,8,15H,7H2,(H,17,18,19)(H,20,21,22). The average molecular weight is 384 g/mol. The average Bonchev–Trinajstić information content (AvgIpc) is 2.83. The number of carbonyl (C=O) groups excluding carboxylic acids is 1. The molecule has 0 atom stereocenters. The van der Waals surface area contributed by atoms with Crippen LogP contribution < -0.4 is 0 Å². The van der Waals surface area contributed by atoms with Gasteiger partial charge in [0.1, 0.15) is 6.61 Å². The van der Waals surface area contributed by atoms with Crippen molar-refractivity contribution in [2.45, 2.75) is 15.7 Å². The van der Waals surface area contributed by atoms with E-state index in [0.29, 0.717) is 22.3 Å². The minimum atomic E-state index is -4.43. The third-order valence-corrected chi connectivity index (χ3v) is 5.71. The lowest BCUT2D eigenvalue weighted by Gasteiger charge is -2.13. The van der Waals surface area contributed by atoms with E-state index in [4.69, 9.17) is 4.74 Å². The van der Waals surface area contributed by atoms with E-state index in [-0.39, 0.29) is 22.9 Å². The minimum Gasteiger partial charge on any atom is -0.467 e. The summed E-state index contributed by atoms with van der Waals surface area (Å²) in [6.07, 6.45) is 0. The molecule has 132 valence electrons. The van der Waals surface area contributed by atoms with Gasteiger partial charge in [-0.15, -0.1) is 0 Å². The lowest BCUT2D eigenvalue weighted by Crippen LogP contribution is -2.08. The summed E-state index contributed by atoms with van der Waals surface area (Å²) in [4.78, 5) is 9.89. The Hall–Kier alpha value is -2.27. The first kappa shape index (κ1) is 17.5. The number of ether oxygens (including phenoxy) is 1. The summed E-state index contributed by atoms with van der Waals surface area (Å²) in [7, 11) is -8.87. The van der Waals surface area contributed by atoms with Crippen molar-refractivity contribution >= 4 is 26.7 Å². The lowest BCUT2D eigenvalue weighted by atomic mass is 9.98. The molecule has 0 bridgehead atoms. The zero-order valence-electron chi connectivity index (χ0n) is 12.5. The molecule has 0 aromatic heterocycles. The number of hydrogen-bond acceptors (Lipinski definition) is 6. The molecule has 0 unspecified atom stereocenters. The largest absolute Gasteiger partial charge is 0.467 e. The highest BCUT2D eigenvalue weighted by molar-refractivity contribution is 7.86. The molecule has 2 aromatic carbocycles. The fraction of sp³-hybridized carbons (Fsp3) is 0.133. The maximum absolute atomic E-state index is 11.4. The van der Waals surface area contributed by atoms with E-state index in [1.54, 1.807) is 0 Å². The van der Waals surface area contributed by atoms with Crippen LogP contribution in [-0.4, -0.2) is 39.0 Å². The first-order chi connectivity index (χ1) is 11.6. The van der Waals surface area contributed by atoms with Gasteiger partial charge in [-0.05, 0) is 46.5 Å². The Morgan fingerprint density at radius 1 is 0.880 bits per heavy atom. The van der Waals surface area contributed by atoms with Crippen LogP contribution in [0, 0.1) is 0 Å². The summed E-state index contributed by atoms with van der Waals surface area (Å²) in [5.74, 6) is -0.640. The van der Waals surface area contributed by atoms with Gasteiger partial charge in [-0.1, -0.05) is 12.1 Å². The van der Waals surface area contributed by atoms with E-state index in [1.165, 1.54) is 36.4 Å². The van der Waals surface area contributed by atoms with Crippen molar-refractivity contribution in [1.29, 1.82) is 0 Å². The van der Waals surface area contributed by atoms with Gasteiger partial charge in [-0.25, -0.2) is 0 Å². The highest BCUT2D eigenvalue weighted by Crippen LogP contribution is 2.46. The van der Waals surface area contributed by atoms with Crippen LogP contribution in [0.25, 0.3) is 11.1 Å². The van der Waals surface area contributed by atoms with Crippen molar-refractivity contribution in [2.24, 2.45) is 0 Å². The molecular weight excluding hydrogens is 372 g/mol. The van der Waals surface area contributed by atoms with Crippen molar-refractivity contribution < 1.29 is 35.5 Å². The monoisotopic (exact) mass is 384 g/mol. The molecule has 0 amide bonds. The molecule has 3 rings (SSSR count). The second-order valence-electron chi connectivity index (χ2n) is 5.43. The number of hydrogen-bond donors (Lipinski definition) is 2. The van der Waals surface area contributed by atoms with Gasteiger partial charge in [0.15, 0.2) is 0 Å². The molecule has 8 nitrogen and oxygen atoms in total. The van der Waals surface area contributed by atoms with Crippen molar-refractivity contribution in [3.05, 3.63) is 47.5 Å². The van der Waals surface area contributed by atoms with Crippen LogP contribution in [0.5, 0.6) is 0 Å². The summed E-state index contributed by atoms with van der Waals surface area (Å²) in [5, 5.41) is 0. The second kappa shape index (κ2) is 5.92. The number of fused-ring (bicyclic) bond motifs is 3.